The van der Waals surface area contributed by atoms with E-state index in [1.54, 1.807) is 26.0 Å². The number of hydroxylamine groups is 1. The van der Waals surface area contributed by atoms with Gasteiger partial charge >= 0.3 is 5.97 Å². The third kappa shape index (κ3) is 7.04. The summed E-state index contributed by atoms with van der Waals surface area (Å²) in [6, 6.07) is 16.3. The van der Waals surface area contributed by atoms with Crippen LogP contribution in [-0.4, -0.2) is 67.8 Å². The molecule has 0 saturated carbocycles. The second-order valence-electron chi connectivity index (χ2n) is 11.5. The minimum atomic E-state index is -1.66. The van der Waals surface area contributed by atoms with Gasteiger partial charge in [0, 0.05) is 55.9 Å². The van der Waals surface area contributed by atoms with Crippen molar-refractivity contribution in [2.75, 3.05) is 13.1 Å². The third-order valence-corrected chi connectivity index (χ3v) is 8.39. The molecule has 43 heavy (non-hydrogen) atoms. The smallest absolute Gasteiger partial charge is 0.344 e. The highest BCUT2D eigenvalue weighted by Crippen LogP contribution is 2.45. The van der Waals surface area contributed by atoms with Crippen molar-refractivity contribution in [2.24, 2.45) is 0 Å². The number of carbonyl (C=O) groups excluding carboxylic acids is 1. The maximum Gasteiger partial charge on any atom is 0.344 e. The van der Waals surface area contributed by atoms with Crippen LogP contribution in [0.5, 0.6) is 0 Å². The average molecular weight is 611 g/mol. The Balaban J connectivity index is 1.76. The van der Waals surface area contributed by atoms with E-state index in [9.17, 15) is 19.8 Å². The number of benzene rings is 2. The first-order valence-corrected chi connectivity index (χ1v) is 15.5. The highest BCUT2D eigenvalue weighted by atomic mass is 31.1. The summed E-state index contributed by atoms with van der Waals surface area (Å²) < 4.78 is 14.3. The van der Waals surface area contributed by atoms with Gasteiger partial charge < -0.3 is 14.4 Å². The summed E-state index contributed by atoms with van der Waals surface area (Å²) in [6.07, 6.45) is 0.309. The van der Waals surface area contributed by atoms with E-state index in [0.29, 0.717) is 35.1 Å². The molecule has 2 aromatic carbocycles. The summed E-state index contributed by atoms with van der Waals surface area (Å²) in [5, 5.41) is 12.1. The summed E-state index contributed by atoms with van der Waals surface area (Å²) in [4.78, 5) is 44.9. The standard InChI is InChI=1S/C32H40N3O7P/c1-21(2)41-32(26-13-10-14-27(19-26)35(37)38)29(23(5)34(42-22(3)4)24(6)30(32)43-39)31(36)40-28-15-17-33(18-16-28)20-25-11-8-7-9-12-25/h7-14,19,21-22,28H,15-18,20H2,1-6H3/p+1. The normalized spacial score (nSPS) is 21.2. The van der Waals surface area contributed by atoms with E-state index in [4.69, 9.17) is 14.3 Å². The molecule has 1 unspecified atom stereocenters. The Kier molecular flexibility index (Phi) is 10.5. The second kappa shape index (κ2) is 13.9. The van der Waals surface area contributed by atoms with Crippen LogP contribution in [0.15, 0.2) is 65.9 Å². The highest BCUT2D eigenvalue weighted by molar-refractivity contribution is 7.38. The molecule has 1 saturated heterocycles. The van der Waals surface area contributed by atoms with Crippen molar-refractivity contribution in [3.8, 4) is 0 Å². The molecule has 11 heteroatoms. The van der Waals surface area contributed by atoms with Gasteiger partial charge in [0.2, 0.25) is 11.4 Å². The molecule has 230 valence electrons. The van der Waals surface area contributed by atoms with Crippen LogP contribution < -0.4 is 0 Å². The van der Waals surface area contributed by atoms with E-state index in [0.717, 1.165) is 19.6 Å². The highest BCUT2D eigenvalue weighted by Gasteiger charge is 2.57. The lowest BCUT2D eigenvalue weighted by molar-refractivity contribution is -0.762. The monoisotopic (exact) mass is 610 g/mol. The largest absolute Gasteiger partial charge is 0.459 e. The molecule has 0 aromatic heterocycles. The van der Waals surface area contributed by atoms with E-state index in [2.05, 4.69) is 17.0 Å². The Morgan fingerprint density at radius 2 is 1.77 bits per heavy atom. The molecule has 2 heterocycles. The zero-order valence-electron chi connectivity index (χ0n) is 25.6. The van der Waals surface area contributed by atoms with E-state index in [-0.39, 0.29) is 31.9 Å². The number of nitro benzene ring substituents is 1. The molecule has 2 aliphatic rings. The van der Waals surface area contributed by atoms with Crippen molar-refractivity contribution in [2.45, 2.75) is 84.8 Å². The van der Waals surface area contributed by atoms with E-state index in [1.807, 2.05) is 45.9 Å². The van der Waals surface area contributed by atoms with Gasteiger partial charge in [-0.15, -0.1) is 0 Å². The minimum absolute atomic E-state index is 0.121. The molecule has 2 aliphatic heterocycles. The van der Waals surface area contributed by atoms with E-state index >= 15 is 0 Å². The van der Waals surface area contributed by atoms with Gasteiger partial charge in [-0.2, -0.15) is 0 Å². The fourth-order valence-corrected chi connectivity index (χ4v) is 6.44. The van der Waals surface area contributed by atoms with Gasteiger partial charge in [-0.1, -0.05) is 42.5 Å². The number of allylic oxidation sites excluding steroid dienone is 1. The Hall–Kier alpha value is -3.43. The molecule has 10 nitrogen and oxygen atoms in total. The van der Waals surface area contributed by atoms with Crippen LogP contribution in [0.25, 0.3) is 0 Å². The lowest BCUT2D eigenvalue weighted by atomic mass is 9.78. The molecule has 4 rings (SSSR count). The minimum Gasteiger partial charge on any atom is -0.459 e. The maximum absolute atomic E-state index is 14.3. The zero-order valence-corrected chi connectivity index (χ0v) is 26.5. The first-order chi connectivity index (χ1) is 20.5. The molecule has 1 atom stereocenters. The van der Waals surface area contributed by atoms with Gasteiger partial charge in [0.1, 0.15) is 17.0 Å². The molecule has 0 amide bonds. The summed E-state index contributed by atoms with van der Waals surface area (Å²) in [7, 11) is -0.181. The van der Waals surface area contributed by atoms with E-state index in [1.165, 1.54) is 22.4 Å². The number of carbonyl (C=O) groups is 1. The van der Waals surface area contributed by atoms with Crippen LogP contribution in [0, 0.1) is 10.1 Å². The van der Waals surface area contributed by atoms with Crippen LogP contribution in [0.2, 0.25) is 0 Å². The number of esters is 1. The van der Waals surface area contributed by atoms with Crippen LogP contribution in [0.3, 0.4) is 0 Å². The average Bonchev–Trinajstić information content (AvgIpc) is 2.96. The van der Waals surface area contributed by atoms with Crippen LogP contribution in [-0.2, 0) is 31.3 Å². The first-order valence-electron chi connectivity index (χ1n) is 14.6. The molecule has 2 aromatic rings. The van der Waals surface area contributed by atoms with Crippen molar-refractivity contribution in [1.82, 2.24) is 4.90 Å². The number of hydrogen-bond acceptors (Lipinski definition) is 8. The number of hydrogen-bond donors (Lipinski definition) is 1. The topological polar surface area (TPSA) is 114 Å². The van der Waals surface area contributed by atoms with Crippen LogP contribution in [0.4, 0.5) is 5.69 Å². The van der Waals surface area contributed by atoms with Gasteiger partial charge in [0.05, 0.1) is 19.5 Å². The summed E-state index contributed by atoms with van der Waals surface area (Å²) in [5.74, 6) is -0.614. The second-order valence-corrected chi connectivity index (χ2v) is 12.1. The van der Waals surface area contributed by atoms with Crippen molar-refractivity contribution in [3.63, 3.8) is 0 Å². The quantitative estimate of drug-likeness (QED) is 0.123. The van der Waals surface area contributed by atoms with Gasteiger partial charge in [-0.25, -0.2) is 4.79 Å². The predicted molar refractivity (Wildman–Crippen MR) is 166 cm³/mol. The summed E-state index contributed by atoms with van der Waals surface area (Å²) in [6.45, 7) is 13.2. The fraction of sp³-hybridized carbons (Fsp3) is 0.469. The molecule has 0 spiro atoms. The molecule has 0 radical (unpaired) electrons. The van der Waals surface area contributed by atoms with Gasteiger partial charge in [-0.05, 0) is 46.1 Å². The maximum atomic E-state index is 14.3. The fourth-order valence-electron chi connectivity index (χ4n) is 5.77. The number of rotatable bonds is 10. The zero-order chi connectivity index (χ0) is 31.3. The number of nitro groups is 1. The van der Waals surface area contributed by atoms with Crippen molar-refractivity contribution in [3.05, 3.63) is 87.1 Å². The van der Waals surface area contributed by atoms with Crippen LogP contribution in [0.1, 0.15) is 65.5 Å². The SMILES string of the molecule is CC1=C(C(=O)OC2CCN(Cc3ccccc3)CC2)C(OC(C)C)(c2cccc([N+](=O)[O-])c2)C(=PO)C(C)=[N+]1OC(C)C. The number of ether oxygens (including phenoxy) is 2. The Morgan fingerprint density at radius 3 is 2.35 bits per heavy atom. The summed E-state index contributed by atoms with van der Waals surface area (Å²) in [5.41, 5.74) is 0.831. The Morgan fingerprint density at radius 1 is 1.09 bits per heavy atom. The third-order valence-electron chi connectivity index (χ3n) is 7.55. The van der Waals surface area contributed by atoms with Crippen molar-refractivity contribution >= 4 is 31.1 Å². The lowest BCUT2D eigenvalue weighted by Gasteiger charge is -2.39. The van der Waals surface area contributed by atoms with Crippen LogP contribution >= 0.6 is 8.43 Å². The van der Waals surface area contributed by atoms with Crippen molar-refractivity contribution < 1.29 is 33.7 Å². The number of nitrogens with zero attached hydrogens (tertiary/aromatic N) is 3. The van der Waals surface area contributed by atoms with Gasteiger partial charge in [0.15, 0.2) is 11.7 Å². The Bertz CT molecular complexity index is 1430. The molecule has 0 bridgehead atoms. The number of non-ortho nitro benzene ring substituents is 1. The van der Waals surface area contributed by atoms with Gasteiger partial charge in [0.25, 0.3) is 5.69 Å². The molecular weight excluding hydrogens is 569 g/mol. The predicted octanol–water partition coefficient (Wildman–Crippen LogP) is 5.55. The number of piperidine rings is 1. The summed E-state index contributed by atoms with van der Waals surface area (Å²) >= 11 is 0. The molecule has 1 fully saturated rings. The first kappa shape index (κ1) is 32.5. The van der Waals surface area contributed by atoms with Gasteiger partial charge in [-0.3, -0.25) is 19.9 Å². The number of likely N-dealkylation sites (tertiary alicyclic amines) is 1. The van der Waals surface area contributed by atoms with Crippen molar-refractivity contribution in [1.29, 1.82) is 0 Å². The Labute approximate surface area is 254 Å². The lowest BCUT2D eigenvalue weighted by Crippen LogP contribution is -2.53. The molecule has 1 N–H and O–H groups in total. The molecular formula is C32H41N3O7P+. The molecule has 0 aliphatic carbocycles. The van der Waals surface area contributed by atoms with E-state index < -0.39 is 22.6 Å².